The van der Waals surface area contributed by atoms with Crippen molar-refractivity contribution in [3.63, 3.8) is 0 Å². The van der Waals surface area contributed by atoms with Gasteiger partial charge in [-0.25, -0.2) is 4.98 Å². The van der Waals surface area contributed by atoms with Crippen molar-refractivity contribution in [3.8, 4) is 0 Å². The Morgan fingerprint density at radius 2 is 2.47 bits per heavy atom. The van der Waals surface area contributed by atoms with Crippen LogP contribution in [0.3, 0.4) is 0 Å². The van der Waals surface area contributed by atoms with E-state index in [0.29, 0.717) is 21.3 Å². The maximum atomic E-state index is 11.4. The average molecular weight is 348 g/mol. The molecule has 0 saturated carbocycles. The fourth-order valence-electron chi connectivity index (χ4n) is 2.12. The summed E-state index contributed by atoms with van der Waals surface area (Å²) in [6.45, 7) is 4.30. The lowest BCUT2D eigenvalue weighted by Crippen LogP contribution is -2.39. The maximum Gasteiger partial charge on any atom is 0.266 e. The quantitative estimate of drug-likeness (QED) is 0.718. The average Bonchev–Trinajstić information content (AvgIpc) is 2.36. The van der Waals surface area contributed by atoms with Gasteiger partial charge in [0.05, 0.1) is 6.33 Å². The van der Waals surface area contributed by atoms with Gasteiger partial charge in [-0.3, -0.25) is 4.79 Å². The molecule has 2 heterocycles. The molecule has 94 valence electrons. The highest BCUT2D eigenvalue weighted by atomic mass is 127. The first-order chi connectivity index (χ1) is 8.18. The first kappa shape index (κ1) is 12.8. The normalized spacial score (nSPS) is 22.1. The van der Waals surface area contributed by atoms with Gasteiger partial charge in [-0.1, -0.05) is 0 Å². The van der Waals surface area contributed by atoms with Crippen LogP contribution in [0.2, 0.25) is 0 Å². The molecule has 0 aromatic carbocycles. The highest BCUT2D eigenvalue weighted by molar-refractivity contribution is 14.1. The van der Waals surface area contributed by atoms with Crippen molar-refractivity contribution in [2.75, 3.05) is 18.4 Å². The SMILES string of the molecule is CC(Nc1nc[nH]c(=O)c1I)C1CCCNC1. The zero-order chi connectivity index (χ0) is 12.3. The van der Waals surface area contributed by atoms with Crippen LogP contribution < -0.4 is 16.2 Å². The summed E-state index contributed by atoms with van der Waals surface area (Å²) in [5.74, 6) is 1.29. The molecule has 2 atom stereocenters. The van der Waals surface area contributed by atoms with Gasteiger partial charge in [0.2, 0.25) is 0 Å². The van der Waals surface area contributed by atoms with E-state index < -0.39 is 0 Å². The van der Waals surface area contributed by atoms with E-state index in [0.717, 1.165) is 13.1 Å². The van der Waals surface area contributed by atoms with Gasteiger partial charge >= 0.3 is 0 Å². The minimum absolute atomic E-state index is 0.0860. The van der Waals surface area contributed by atoms with Crippen molar-refractivity contribution in [1.82, 2.24) is 15.3 Å². The van der Waals surface area contributed by atoms with Crippen molar-refractivity contribution in [2.45, 2.75) is 25.8 Å². The standard InChI is InChI=1S/C11H17IN4O/c1-7(8-3-2-4-13-5-8)16-10-9(12)11(17)15-6-14-10/h6-8,13H,2-5H2,1H3,(H2,14,15,16,17). The zero-order valence-corrected chi connectivity index (χ0v) is 12.0. The number of nitrogens with one attached hydrogen (secondary N) is 3. The molecule has 3 N–H and O–H groups in total. The van der Waals surface area contributed by atoms with Gasteiger partial charge in [-0.05, 0) is 61.4 Å². The second kappa shape index (κ2) is 5.81. The molecule has 1 fully saturated rings. The second-order valence-electron chi connectivity index (χ2n) is 4.43. The van der Waals surface area contributed by atoms with Crippen LogP contribution >= 0.6 is 22.6 Å². The van der Waals surface area contributed by atoms with Gasteiger partial charge in [-0.15, -0.1) is 0 Å². The summed E-state index contributed by atoms with van der Waals surface area (Å²) in [6.07, 6.45) is 3.89. The highest BCUT2D eigenvalue weighted by Gasteiger charge is 2.20. The van der Waals surface area contributed by atoms with Gasteiger partial charge < -0.3 is 15.6 Å². The highest BCUT2D eigenvalue weighted by Crippen LogP contribution is 2.18. The van der Waals surface area contributed by atoms with E-state index in [9.17, 15) is 4.79 Å². The van der Waals surface area contributed by atoms with Crippen molar-refractivity contribution in [3.05, 3.63) is 20.3 Å². The van der Waals surface area contributed by atoms with Crippen LogP contribution in [0.5, 0.6) is 0 Å². The minimum Gasteiger partial charge on any atom is -0.366 e. The number of nitrogens with zero attached hydrogens (tertiary/aromatic N) is 1. The lowest BCUT2D eigenvalue weighted by Gasteiger charge is -2.29. The number of hydrogen-bond donors (Lipinski definition) is 3. The van der Waals surface area contributed by atoms with Gasteiger partial charge in [0.25, 0.3) is 5.56 Å². The van der Waals surface area contributed by atoms with E-state index in [-0.39, 0.29) is 5.56 Å². The van der Waals surface area contributed by atoms with Crippen molar-refractivity contribution < 1.29 is 0 Å². The molecule has 0 radical (unpaired) electrons. The Hall–Kier alpha value is -0.630. The molecular formula is C11H17IN4O. The fourth-order valence-corrected chi connectivity index (χ4v) is 2.57. The molecule has 2 rings (SSSR count). The van der Waals surface area contributed by atoms with E-state index in [2.05, 4.69) is 27.5 Å². The number of rotatable bonds is 3. The largest absolute Gasteiger partial charge is 0.366 e. The molecule has 1 saturated heterocycles. The van der Waals surface area contributed by atoms with Crippen LogP contribution in [0, 0.1) is 9.49 Å². The zero-order valence-electron chi connectivity index (χ0n) is 9.79. The Kier molecular flexibility index (Phi) is 4.38. The summed E-state index contributed by atoms with van der Waals surface area (Å²) in [5.41, 5.74) is -0.0860. The second-order valence-corrected chi connectivity index (χ2v) is 5.51. The van der Waals surface area contributed by atoms with Crippen molar-refractivity contribution in [1.29, 1.82) is 0 Å². The summed E-state index contributed by atoms with van der Waals surface area (Å²) >= 11 is 2.02. The minimum atomic E-state index is -0.0860. The predicted molar refractivity (Wildman–Crippen MR) is 76.3 cm³/mol. The van der Waals surface area contributed by atoms with Crippen LogP contribution in [-0.2, 0) is 0 Å². The third-order valence-corrected chi connectivity index (χ3v) is 4.20. The van der Waals surface area contributed by atoms with Crippen LogP contribution in [-0.4, -0.2) is 29.1 Å². The Morgan fingerprint density at radius 3 is 3.18 bits per heavy atom. The van der Waals surface area contributed by atoms with Crippen molar-refractivity contribution in [2.24, 2.45) is 5.92 Å². The number of hydrogen-bond acceptors (Lipinski definition) is 4. The van der Waals surface area contributed by atoms with Crippen LogP contribution in [0.25, 0.3) is 0 Å². The molecule has 1 aliphatic rings. The smallest absolute Gasteiger partial charge is 0.266 e. The molecule has 6 heteroatoms. The number of H-pyrrole nitrogens is 1. The van der Waals surface area contributed by atoms with Crippen LogP contribution in [0.15, 0.2) is 11.1 Å². The topological polar surface area (TPSA) is 69.8 Å². The van der Waals surface area contributed by atoms with Gasteiger partial charge in [0.15, 0.2) is 0 Å². The molecule has 1 aromatic rings. The monoisotopic (exact) mass is 348 g/mol. The Balaban J connectivity index is 2.04. The Bertz CT molecular complexity index is 428. The summed E-state index contributed by atoms with van der Waals surface area (Å²) < 4.78 is 0.626. The van der Waals surface area contributed by atoms with Crippen LogP contribution in [0.4, 0.5) is 5.82 Å². The molecular weight excluding hydrogens is 331 g/mol. The molecule has 2 unspecified atom stereocenters. The number of aromatic amines is 1. The third-order valence-electron chi connectivity index (χ3n) is 3.20. The van der Waals surface area contributed by atoms with E-state index in [1.54, 1.807) is 0 Å². The van der Waals surface area contributed by atoms with E-state index in [1.807, 2.05) is 22.6 Å². The van der Waals surface area contributed by atoms with E-state index >= 15 is 0 Å². The van der Waals surface area contributed by atoms with Gasteiger partial charge in [0, 0.05) is 6.04 Å². The lowest BCUT2D eigenvalue weighted by molar-refractivity contribution is 0.346. The molecule has 0 amide bonds. The molecule has 0 spiro atoms. The first-order valence-corrected chi connectivity index (χ1v) is 6.97. The molecule has 1 aromatic heterocycles. The fraction of sp³-hybridized carbons (Fsp3) is 0.636. The molecule has 0 aliphatic carbocycles. The summed E-state index contributed by atoms with van der Waals surface area (Å²) in [4.78, 5) is 18.2. The predicted octanol–water partition coefficient (Wildman–Crippen LogP) is 1.17. The number of piperidine rings is 1. The Labute approximate surface area is 114 Å². The van der Waals surface area contributed by atoms with Gasteiger partial charge in [0.1, 0.15) is 9.39 Å². The number of aromatic nitrogens is 2. The maximum absolute atomic E-state index is 11.4. The number of halogens is 1. The molecule has 0 bridgehead atoms. The molecule has 5 nitrogen and oxygen atoms in total. The van der Waals surface area contributed by atoms with Crippen LogP contribution in [0.1, 0.15) is 19.8 Å². The van der Waals surface area contributed by atoms with Crippen molar-refractivity contribution >= 4 is 28.4 Å². The first-order valence-electron chi connectivity index (χ1n) is 5.89. The van der Waals surface area contributed by atoms with Gasteiger partial charge in [-0.2, -0.15) is 0 Å². The van der Waals surface area contributed by atoms with E-state index in [4.69, 9.17) is 0 Å². The lowest BCUT2D eigenvalue weighted by atomic mass is 9.93. The molecule has 1 aliphatic heterocycles. The Morgan fingerprint density at radius 1 is 1.65 bits per heavy atom. The number of anilines is 1. The summed E-state index contributed by atoms with van der Waals surface area (Å²) in [7, 11) is 0. The van der Waals surface area contributed by atoms with E-state index in [1.165, 1.54) is 19.2 Å². The molecule has 17 heavy (non-hydrogen) atoms. The third kappa shape index (κ3) is 3.19. The summed E-state index contributed by atoms with van der Waals surface area (Å²) in [5, 5.41) is 6.74. The summed E-state index contributed by atoms with van der Waals surface area (Å²) in [6, 6.07) is 0.325.